The molecule has 0 amide bonds. The molecule has 38 valence electrons. The van der Waals surface area contributed by atoms with Crippen LogP contribution in [0.3, 0.4) is 0 Å². The highest BCUT2D eigenvalue weighted by Gasteiger charge is 1.93. The summed E-state index contributed by atoms with van der Waals surface area (Å²) in [6.07, 6.45) is 0. The van der Waals surface area contributed by atoms with Crippen molar-refractivity contribution in [3.63, 3.8) is 0 Å². The SMILES string of the molecule is NC=P(O)(O)O. The molecule has 0 aromatic carbocycles. The summed E-state index contributed by atoms with van der Waals surface area (Å²) in [6.45, 7) is 0. The van der Waals surface area contributed by atoms with Gasteiger partial charge in [-0.15, -0.1) is 0 Å². The number of hydrogen-bond acceptors (Lipinski definition) is 3. The van der Waals surface area contributed by atoms with Gasteiger partial charge in [-0.05, 0) is 0 Å². The van der Waals surface area contributed by atoms with Crippen LogP contribution in [0.4, 0.5) is 0 Å². The van der Waals surface area contributed by atoms with Gasteiger partial charge in [0.15, 0.2) is 0 Å². The number of rotatable bonds is 0. The van der Waals surface area contributed by atoms with E-state index in [0.717, 1.165) is 0 Å². The second-order valence-corrected chi connectivity index (χ2v) is 2.29. The summed E-state index contributed by atoms with van der Waals surface area (Å²) in [7, 11) is -3.74. The Labute approximate surface area is 35.1 Å². The number of hydrogen-bond donors (Lipinski definition) is 4. The zero-order valence-corrected chi connectivity index (χ0v) is 3.84. The minimum atomic E-state index is -3.74. The van der Waals surface area contributed by atoms with Gasteiger partial charge in [0, 0.05) is 5.92 Å². The quantitative estimate of drug-likeness (QED) is 0.285. The molecule has 5 N–H and O–H groups in total. The topological polar surface area (TPSA) is 86.7 Å². The average molecular weight is 111 g/mol. The van der Waals surface area contributed by atoms with Crippen LogP contribution < -0.4 is 5.73 Å². The van der Waals surface area contributed by atoms with E-state index in [9.17, 15) is 0 Å². The van der Waals surface area contributed by atoms with Gasteiger partial charge in [-0.3, -0.25) is 0 Å². The van der Waals surface area contributed by atoms with E-state index in [1.54, 1.807) is 0 Å². The molecule has 5 heteroatoms. The van der Waals surface area contributed by atoms with Gasteiger partial charge in [-0.2, -0.15) is 0 Å². The molecule has 0 bridgehead atoms. The van der Waals surface area contributed by atoms with Crippen LogP contribution in [-0.2, 0) is 0 Å². The molecule has 0 rings (SSSR count). The Morgan fingerprint density at radius 3 is 1.50 bits per heavy atom. The summed E-state index contributed by atoms with van der Waals surface area (Å²) < 4.78 is 0. The third-order valence-corrected chi connectivity index (χ3v) is 0.600. The van der Waals surface area contributed by atoms with Gasteiger partial charge in [0.25, 0.3) is 7.57 Å². The minimum absolute atomic E-state index is 0.465. The van der Waals surface area contributed by atoms with Crippen molar-refractivity contribution < 1.29 is 14.7 Å². The second-order valence-electron chi connectivity index (χ2n) is 0.764. The van der Waals surface area contributed by atoms with E-state index in [-0.39, 0.29) is 0 Å². The summed E-state index contributed by atoms with van der Waals surface area (Å²) >= 11 is 0. The van der Waals surface area contributed by atoms with Crippen molar-refractivity contribution in [1.29, 1.82) is 0 Å². The van der Waals surface area contributed by atoms with E-state index in [4.69, 9.17) is 14.7 Å². The summed E-state index contributed by atoms with van der Waals surface area (Å²) in [4.78, 5) is 23.6. The van der Waals surface area contributed by atoms with Gasteiger partial charge >= 0.3 is 0 Å². The van der Waals surface area contributed by atoms with Crippen molar-refractivity contribution in [3.05, 3.63) is 0 Å². The van der Waals surface area contributed by atoms with Gasteiger partial charge in [-0.25, -0.2) is 0 Å². The van der Waals surface area contributed by atoms with Crippen molar-refractivity contribution in [2.24, 2.45) is 5.73 Å². The molecule has 0 aliphatic rings. The lowest BCUT2D eigenvalue weighted by Gasteiger charge is -1.95. The maximum absolute atomic E-state index is 7.87. The Morgan fingerprint density at radius 2 is 1.50 bits per heavy atom. The normalized spacial score (nSPS) is 11.3. The maximum atomic E-state index is 7.87. The Bertz CT molecular complexity index is 74.5. The molecule has 0 heterocycles. The third kappa shape index (κ3) is 4.14. The fraction of sp³-hybridized carbons (Fsp3) is 0. The largest absolute Gasteiger partial charge is 0.332 e. The molecular weight excluding hydrogens is 105 g/mol. The van der Waals surface area contributed by atoms with E-state index in [2.05, 4.69) is 5.73 Å². The molecule has 0 saturated heterocycles. The van der Waals surface area contributed by atoms with Crippen LogP contribution in [0.25, 0.3) is 0 Å². The first kappa shape index (κ1) is 6.14. The highest BCUT2D eigenvalue weighted by Crippen LogP contribution is 2.26. The zero-order valence-electron chi connectivity index (χ0n) is 2.94. The molecule has 4 nitrogen and oxygen atoms in total. The summed E-state index contributed by atoms with van der Waals surface area (Å²) in [5.41, 5.74) is 4.48. The molecule has 0 spiro atoms. The fourth-order valence-electron chi connectivity index (χ4n) is 0. The molecule has 0 aromatic rings. The first-order chi connectivity index (χ1) is 2.56. The molecule has 6 heavy (non-hydrogen) atoms. The summed E-state index contributed by atoms with van der Waals surface area (Å²) in [5.74, 6) is 0.465. The minimum Gasteiger partial charge on any atom is -0.332 e. The molecule has 0 aliphatic carbocycles. The smallest absolute Gasteiger partial charge is 0.260 e. The molecule has 0 radical (unpaired) electrons. The van der Waals surface area contributed by atoms with Gasteiger partial charge in [0.2, 0.25) is 0 Å². The molecule has 0 aromatic heterocycles. The van der Waals surface area contributed by atoms with E-state index in [1.165, 1.54) is 0 Å². The summed E-state index contributed by atoms with van der Waals surface area (Å²) in [6, 6.07) is 0. The van der Waals surface area contributed by atoms with Crippen LogP contribution in [0, 0.1) is 0 Å². The van der Waals surface area contributed by atoms with Crippen molar-refractivity contribution in [2.75, 3.05) is 0 Å². The lowest BCUT2D eigenvalue weighted by atomic mass is 11.6. The van der Waals surface area contributed by atoms with Crippen molar-refractivity contribution in [1.82, 2.24) is 0 Å². The summed E-state index contributed by atoms with van der Waals surface area (Å²) in [5, 5.41) is 0. The molecule has 0 atom stereocenters. The third-order valence-electron chi connectivity index (χ3n) is 0.200. The molecular formula is CH6NO3P. The van der Waals surface area contributed by atoms with Gasteiger partial charge in [0.1, 0.15) is 0 Å². The lowest BCUT2D eigenvalue weighted by Crippen LogP contribution is -1.92. The molecule has 0 unspecified atom stereocenters. The van der Waals surface area contributed by atoms with Crippen LogP contribution in [0.15, 0.2) is 0 Å². The van der Waals surface area contributed by atoms with E-state index < -0.39 is 7.57 Å². The van der Waals surface area contributed by atoms with E-state index >= 15 is 0 Å². The van der Waals surface area contributed by atoms with Gasteiger partial charge in [0.05, 0.1) is 0 Å². The Hall–Kier alpha value is 0.140. The fourth-order valence-corrected chi connectivity index (χ4v) is 0. The van der Waals surface area contributed by atoms with Crippen LogP contribution >= 0.6 is 7.57 Å². The maximum Gasteiger partial charge on any atom is 0.260 e. The number of nitrogens with two attached hydrogens (primary N) is 1. The van der Waals surface area contributed by atoms with E-state index in [1.807, 2.05) is 0 Å². The Morgan fingerprint density at radius 1 is 1.33 bits per heavy atom. The van der Waals surface area contributed by atoms with Crippen LogP contribution in [0.5, 0.6) is 0 Å². The zero-order chi connectivity index (χ0) is 5.21. The van der Waals surface area contributed by atoms with Crippen molar-refractivity contribution >= 4 is 13.5 Å². The molecule has 0 aliphatic heterocycles. The molecule has 0 fully saturated rings. The standard InChI is InChI=1S/CH6NO3P/c2-1-6(3,4)5/h1,3-5H,2H2. The van der Waals surface area contributed by atoms with Crippen molar-refractivity contribution in [2.45, 2.75) is 0 Å². The Balaban J connectivity index is 3.79. The van der Waals surface area contributed by atoms with Crippen molar-refractivity contribution in [3.8, 4) is 0 Å². The molecule has 0 saturated carbocycles. The van der Waals surface area contributed by atoms with E-state index in [0.29, 0.717) is 5.92 Å². The van der Waals surface area contributed by atoms with Crippen LogP contribution in [-0.4, -0.2) is 20.6 Å². The first-order valence-electron chi connectivity index (χ1n) is 1.19. The monoisotopic (exact) mass is 111 g/mol. The predicted octanol–water partition coefficient (Wildman–Crippen LogP) is -1.56. The predicted molar refractivity (Wildman–Crippen MR) is 23.8 cm³/mol. The highest BCUT2D eigenvalue weighted by atomic mass is 31.2. The highest BCUT2D eigenvalue weighted by molar-refractivity contribution is 7.58. The van der Waals surface area contributed by atoms with Crippen LogP contribution in [0.1, 0.15) is 0 Å². The average Bonchev–Trinajstić information content (AvgIpc) is 1.35. The first-order valence-corrected chi connectivity index (χ1v) is 2.91. The van der Waals surface area contributed by atoms with Crippen LogP contribution in [0.2, 0.25) is 0 Å². The Kier molecular flexibility index (Phi) is 1.77. The van der Waals surface area contributed by atoms with Gasteiger partial charge in [-0.1, -0.05) is 0 Å². The second kappa shape index (κ2) is 1.73. The van der Waals surface area contributed by atoms with Gasteiger partial charge < -0.3 is 20.4 Å². The lowest BCUT2D eigenvalue weighted by molar-refractivity contribution is 0.360.